The average molecular weight is 396 g/mol. The number of aromatic nitrogens is 3. The van der Waals surface area contributed by atoms with Crippen LogP contribution in [0.15, 0.2) is 50.1 Å². The molecule has 5 rings (SSSR count). The quantitative estimate of drug-likeness (QED) is 0.402. The molecule has 3 heterocycles. The van der Waals surface area contributed by atoms with E-state index in [-0.39, 0.29) is 5.63 Å². The van der Waals surface area contributed by atoms with Crippen LogP contribution in [0.1, 0.15) is 33.8 Å². The summed E-state index contributed by atoms with van der Waals surface area (Å²) in [5.74, 6) is 1.49. The molecule has 0 atom stereocenters. The van der Waals surface area contributed by atoms with Crippen LogP contribution in [0.4, 0.5) is 0 Å². The van der Waals surface area contributed by atoms with Crippen LogP contribution in [-0.2, 0) is 25.0 Å². The van der Waals surface area contributed by atoms with Gasteiger partial charge in [-0.3, -0.25) is 5.10 Å². The van der Waals surface area contributed by atoms with Crippen molar-refractivity contribution in [3.8, 4) is 0 Å². The van der Waals surface area contributed by atoms with E-state index in [1.54, 1.807) is 17.4 Å². The van der Waals surface area contributed by atoms with Crippen molar-refractivity contribution in [1.29, 1.82) is 0 Å². The normalized spacial score (nSPS) is 13.3. The SMILES string of the molecule is O=c1cc(CSc2n[nH]c(Cc3cccs3)n2)c2cc3c(cc2o1)CCC3. The summed E-state index contributed by atoms with van der Waals surface area (Å²) in [6, 6.07) is 9.95. The lowest BCUT2D eigenvalue weighted by Gasteiger charge is -2.07. The molecule has 1 aromatic carbocycles. The first-order valence-corrected chi connectivity index (χ1v) is 10.8. The van der Waals surface area contributed by atoms with Gasteiger partial charge in [-0.15, -0.1) is 16.4 Å². The van der Waals surface area contributed by atoms with Gasteiger partial charge in [0.15, 0.2) is 0 Å². The van der Waals surface area contributed by atoms with Crippen LogP contribution in [0.25, 0.3) is 11.0 Å². The number of hydrogen-bond donors (Lipinski definition) is 1. The summed E-state index contributed by atoms with van der Waals surface area (Å²) in [4.78, 5) is 17.8. The highest BCUT2D eigenvalue weighted by Crippen LogP contribution is 2.30. The van der Waals surface area contributed by atoms with E-state index in [1.165, 1.54) is 34.2 Å². The summed E-state index contributed by atoms with van der Waals surface area (Å²) in [5, 5.41) is 11.1. The van der Waals surface area contributed by atoms with Crippen LogP contribution in [0.2, 0.25) is 0 Å². The Balaban J connectivity index is 1.38. The second kappa shape index (κ2) is 6.98. The maximum absolute atomic E-state index is 12.0. The van der Waals surface area contributed by atoms with Gasteiger partial charge in [0, 0.05) is 28.5 Å². The molecule has 0 spiro atoms. The molecule has 0 bridgehead atoms. The molecule has 136 valence electrons. The molecular weight excluding hydrogens is 378 g/mol. The number of nitrogens with one attached hydrogen (secondary N) is 1. The van der Waals surface area contributed by atoms with Crippen LogP contribution in [0.5, 0.6) is 0 Å². The molecule has 0 aliphatic heterocycles. The zero-order valence-corrected chi connectivity index (χ0v) is 16.2. The predicted molar refractivity (Wildman–Crippen MR) is 108 cm³/mol. The molecule has 5 nitrogen and oxygen atoms in total. The topological polar surface area (TPSA) is 71.8 Å². The van der Waals surface area contributed by atoms with Gasteiger partial charge in [-0.25, -0.2) is 9.78 Å². The number of thiophene rings is 1. The highest BCUT2D eigenvalue weighted by atomic mass is 32.2. The number of hydrogen-bond acceptors (Lipinski definition) is 6. The van der Waals surface area contributed by atoms with Crippen LogP contribution in [-0.4, -0.2) is 15.2 Å². The van der Waals surface area contributed by atoms with Gasteiger partial charge in [0.2, 0.25) is 5.16 Å². The Hall–Kier alpha value is -2.38. The van der Waals surface area contributed by atoms with Crippen molar-refractivity contribution in [2.75, 3.05) is 0 Å². The zero-order valence-electron chi connectivity index (χ0n) is 14.5. The molecule has 27 heavy (non-hydrogen) atoms. The van der Waals surface area contributed by atoms with Crippen molar-refractivity contribution < 1.29 is 4.42 Å². The summed E-state index contributed by atoms with van der Waals surface area (Å²) in [7, 11) is 0. The Morgan fingerprint density at radius 3 is 2.96 bits per heavy atom. The lowest BCUT2D eigenvalue weighted by atomic mass is 10.0. The molecule has 0 fully saturated rings. The van der Waals surface area contributed by atoms with E-state index in [0.717, 1.165) is 36.0 Å². The maximum Gasteiger partial charge on any atom is 0.336 e. The molecule has 0 saturated carbocycles. The zero-order chi connectivity index (χ0) is 18.2. The van der Waals surface area contributed by atoms with E-state index >= 15 is 0 Å². The largest absolute Gasteiger partial charge is 0.423 e. The lowest BCUT2D eigenvalue weighted by Crippen LogP contribution is -2.01. The van der Waals surface area contributed by atoms with Gasteiger partial charge in [0.1, 0.15) is 11.4 Å². The summed E-state index contributed by atoms with van der Waals surface area (Å²) >= 11 is 3.24. The molecule has 1 aliphatic rings. The molecule has 0 radical (unpaired) electrons. The third-order valence-electron chi connectivity index (χ3n) is 4.83. The first-order valence-electron chi connectivity index (χ1n) is 8.89. The minimum absolute atomic E-state index is 0.301. The van der Waals surface area contributed by atoms with Crippen molar-refractivity contribution in [2.45, 2.75) is 36.6 Å². The highest BCUT2D eigenvalue weighted by Gasteiger charge is 2.16. The number of H-pyrrole nitrogens is 1. The highest BCUT2D eigenvalue weighted by molar-refractivity contribution is 7.98. The number of aryl methyl sites for hydroxylation is 2. The number of benzene rings is 1. The second-order valence-corrected chi connectivity index (χ2v) is 8.65. The number of aromatic amines is 1. The Morgan fingerprint density at radius 1 is 1.22 bits per heavy atom. The van der Waals surface area contributed by atoms with Crippen LogP contribution in [0.3, 0.4) is 0 Å². The minimum Gasteiger partial charge on any atom is -0.423 e. The van der Waals surface area contributed by atoms with Crippen LogP contribution in [0, 0.1) is 0 Å². The van der Waals surface area contributed by atoms with E-state index in [9.17, 15) is 4.79 Å². The van der Waals surface area contributed by atoms with Gasteiger partial charge in [0.05, 0.1) is 0 Å². The van der Waals surface area contributed by atoms with E-state index < -0.39 is 0 Å². The monoisotopic (exact) mass is 395 g/mol. The Bertz CT molecular complexity index is 1160. The average Bonchev–Trinajstić information content (AvgIpc) is 3.40. The summed E-state index contributed by atoms with van der Waals surface area (Å²) in [6.07, 6.45) is 4.10. The van der Waals surface area contributed by atoms with Crippen LogP contribution >= 0.6 is 23.1 Å². The third-order valence-corrected chi connectivity index (χ3v) is 6.60. The second-order valence-electron chi connectivity index (χ2n) is 6.67. The first-order chi connectivity index (χ1) is 13.2. The van der Waals surface area contributed by atoms with Gasteiger partial charge in [-0.1, -0.05) is 17.8 Å². The predicted octanol–water partition coefficient (Wildman–Crippen LogP) is 4.34. The number of nitrogens with zero attached hydrogens (tertiary/aromatic N) is 2. The molecule has 1 N–H and O–H groups in total. The van der Waals surface area contributed by atoms with Crippen molar-refractivity contribution in [2.24, 2.45) is 0 Å². The van der Waals surface area contributed by atoms with E-state index in [0.29, 0.717) is 16.5 Å². The molecule has 4 aromatic rings. The van der Waals surface area contributed by atoms with Gasteiger partial charge in [-0.05, 0) is 59.5 Å². The van der Waals surface area contributed by atoms with Crippen molar-refractivity contribution in [3.05, 3.63) is 73.5 Å². The molecular formula is C20H17N3O2S2. The standard InChI is InChI=1S/C20H17N3O2S2/c24-19-9-14(16-7-12-3-1-4-13(12)8-17(16)25-19)11-27-20-21-18(22-23-20)10-15-5-2-6-26-15/h2,5-9H,1,3-4,10-11H2,(H,21,22,23). The molecule has 0 saturated heterocycles. The molecule has 0 amide bonds. The lowest BCUT2D eigenvalue weighted by molar-refractivity contribution is 0.559. The number of thioether (sulfide) groups is 1. The fourth-order valence-corrected chi connectivity index (χ4v) is 5.07. The molecule has 7 heteroatoms. The van der Waals surface area contributed by atoms with Gasteiger partial charge < -0.3 is 4.42 Å². The van der Waals surface area contributed by atoms with Gasteiger partial charge in [0.25, 0.3) is 0 Å². The van der Waals surface area contributed by atoms with Gasteiger partial charge in [-0.2, -0.15) is 0 Å². The van der Waals surface area contributed by atoms with Gasteiger partial charge >= 0.3 is 5.63 Å². The fraction of sp³-hybridized carbons (Fsp3) is 0.250. The van der Waals surface area contributed by atoms with E-state index in [1.807, 2.05) is 12.1 Å². The maximum atomic E-state index is 12.0. The summed E-state index contributed by atoms with van der Waals surface area (Å²) < 4.78 is 5.44. The summed E-state index contributed by atoms with van der Waals surface area (Å²) in [6.45, 7) is 0. The fourth-order valence-electron chi connectivity index (χ4n) is 3.56. The Kier molecular flexibility index (Phi) is 4.33. The molecule has 0 unspecified atom stereocenters. The minimum atomic E-state index is -0.301. The number of rotatable bonds is 5. The van der Waals surface area contributed by atoms with Crippen molar-refractivity contribution in [1.82, 2.24) is 15.2 Å². The molecule has 3 aromatic heterocycles. The Morgan fingerprint density at radius 2 is 2.11 bits per heavy atom. The third kappa shape index (κ3) is 3.44. The van der Waals surface area contributed by atoms with E-state index in [2.05, 4.69) is 32.7 Å². The first kappa shape index (κ1) is 16.8. The van der Waals surface area contributed by atoms with E-state index in [4.69, 9.17) is 4.42 Å². The molecule has 1 aliphatic carbocycles. The Labute approximate surface area is 163 Å². The number of fused-ring (bicyclic) bond motifs is 2. The summed E-state index contributed by atoms with van der Waals surface area (Å²) in [5.41, 5.74) is 4.04. The van der Waals surface area contributed by atoms with Crippen LogP contribution < -0.4 is 5.63 Å². The van der Waals surface area contributed by atoms with Crippen molar-refractivity contribution >= 4 is 34.1 Å². The smallest absolute Gasteiger partial charge is 0.336 e. The van der Waals surface area contributed by atoms with Crippen molar-refractivity contribution in [3.63, 3.8) is 0 Å².